The summed E-state index contributed by atoms with van der Waals surface area (Å²) in [4.78, 5) is 0.592. The van der Waals surface area contributed by atoms with E-state index in [1.54, 1.807) is 12.1 Å². The molecule has 0 fully saturated rings. The van der Waals surface area contributed by atoms with Crippen LogP contribution in [0.25, 0.3) is 11.1 Å². The molecule has 0 N–H and O–H groups in total. The molecule has 2 aromatic rings. The van der Waals surface area contributed by atoms with Crippen LogP contribution in [-0.2, 0) is 0 Å². The molecule has 0 spiro atoms. The van der Waals surface area contributed by atoms with Gasteiger partial charge in [0.2, 0.25) is 0 Å². The van der Waals surface area contributed by atoms with Crippen molar-refractivity contribution in [3.8, 4) is 11.1 Å². The van der Waals surface area contributed by atoms with E-state index < -0.39 is 5.76 Å². The molecule has 0 atom stereocenters. The second kappa shape index (κ2) is 5.12. The highest BCUT2D eigenvalue weighted by atomic mass is 32.2. The summed E-state index contributed by atoms with van der Waals surface area (Å²) in [6.45, 7) is 0. The lowest BCUT2D eigenvalue weighted by atomic mass is 10.1. The molecule has 0 unspecified atom stereocenters. The summed E-state index contributed by atoms with van der Waals surface area (Å²) in [6, 6.07) is 17.0. The van der Waals surface area contributed by atoms with Gasteiger partial charge in [-0.25, -0.2) is 0 Å². The number of rotatable bonds is 3. The predicted molar refractivity (Wildman–Crippen MR) is 63.7 cm³/mol. The molecule has 0 bridgehead atoms. The molecule has 16 heavy (non-hydrogen) atoms. The maximum absolute atomic E-state index is 12.1. The number of halogens is 2. The van der Waals surface area contributed by atoms with Gasteiger partial charge in [-0.3, -0.25) is 0 Å². The van der Waals surface area contributed by atoms with Gasteiger partial charge in [0.05, 0.1) is 0 Å². The molecule has 82 valence electrons. The maximum atomic E-state index is 12.1. The Hall–Kier alpha value is -1.35. The Morgan fingerprint density at radius 3 is 1.88 bits per heavy atom. The fourth-order valence-corrected chi connectivity index (χ4v) is 1.96. The molecule has 2 rings (SSSR count). The summed E-state index contributed by atoms with van der Waals surface area (Å²) >= 11 is 0.569. The van der Waals surface area contributed by atoms with Gasteiger partial charge in [0.15, 0.2) is 0 Å². The zero-order valence-electron chi connectivity index (χ0n) is 8.44. The van der Waals surface area contributed by atoms with Crippen LogP contribution < -0.4 is 0 Å². The largest absolute Gasteiger partial charge is 0.288 e. The Bertz CT molecular complexity index is 437. The Balaban J connectivity index is 2.20. The van der Waals surface area contributed by atoms with Crippen molar-refractivity contribution in [1.29, 1.82) is 0 Å². The van der Waals surface area contributed by atoms with Crippen LogP contribution in [0.15, 0.2) is 59.5 Å². The molecule has 0 aromatic heterocycles. The van der Waals surface area contributed by atoms with Crippen LogP contribution in [0.4, 0.5) is 8.78 Å². The minimum absolute atomic E-state index is 0.569. The van der Waals surface area contributed by atoms with Crippen molar-refractivity contribution < 1.29 is 8.78 Å². The molecule has 0 aliphatic carbocycles. The Morgan fingerprint density at radius 1 is 0.750 bits per heavy atom. The summed E-state index contributed by atoms with van der Waals surface area (Å²) < 4.78 is 24.2. The Kier molecular flexibility index (Phi) is 3.57. The van der Waals surface area contributed by atoms with Crippen molar-refractivity contribution in [3.05, 3.63) is 54.6 Å². The average molecular weight is 236 g/mol. The number of thioether (sulfide) groups is 1. The summed E-state index contributed by atoms with van der Waals surface area (Å²) in [5, 5.41) is 0. The number of alkyl halides is 2. The zero-order valence-corrected chi connectivity index (χ0v) is 9.25. The Morgan fingerprint density at radius 2 is 1.31 bits per heavy atom. The van der Waals surface area contributed by atoms with Crippen LogP contribution in [0.3, 0.4) is 0 Å². The van der Waals surface area contributed by atoms with E-state index >= 15 is 0 Å². The van der Waals surface area contributed by atoms with Crippen molar-refractivity contribution in [3.63, 3.8) is 0 Å². The van der Waals surface area contributed by atoms with Crippen LogP contribution in [0.1, 0.15) is 0 Å². The minimum Gasteiger partial charge on any atom is -0.198 e. The molecule has 0 saturated heterocycles. The summed E-state index contributed by atoms with van der Waals surface area (Å²) in [5.74, 6) is -2.36. The Labute approximate surface area is 97.3 Å². The quantitative estimate of drug-likeness (QED) is 0.698. The minimum atomic E-state index is -2.36. The molecular weight excluding hydrogens is 226 g/mol. The molecule has 2 aromatic carbocycles. The van der Waals surface area contributed by atoms with Crippen molar-refractivity contribution in [2.45, 2.75) is 10.7 Å². The van der Waals surface area contributed by atoms with Gasteiger partial charge in [0, 0.05) is 4.90 Å². The number of hydrogen-bond donors (Lipinski definition) is 0. The first-order valence-electron chi connectivity index (χ1n) is 4.86. The van der Waals surface area contributed by atoms with E-state index in [0.717, 1.165) is 11.1 Å². The van der Waals surface area contributed by atoms with Gasteiger partial charge in [-0.05, 0) is 23.3 Å². The van der Waals surface area contributed by atoms with Crippen LogP contribution in [0, 0.1) is 0 Å². The van der Waals surface area contributed by atoms with Gasteiger partial charge in [-0.1, -0.05) is 54.2 Å². The molecule has 0 nitrogen and oxygen atoms in total. The lowest BCUT2D eigenvalue weighted by Crippen LogP contribution is -1.82. The number of benzene rings is 2. The summed E-state index contributed by atoms with van der Waals surface area (Å²) in [5.41, 5.74) is 2.13. The molecule has 0 aliphatic rings. The predicted octanol–water partition coefficient (Wildman–Crippen LogP) is 4.67. The standard InChI is InChI=1S/C13H10F2S/c14-13(15)16-12-8-6-11(7-9-12)10-4-2-1-3-5-10/h1-9,13H. The second-order valence-corrected chi connectivity index (χ2v) is 4.33. The highest BCUT2D eigenvalue weighted by Gasteiger charge is 2.04. The van der Waals surface area contributed by atoms with Crippen LogP contribution in [-0.4, -0.2) is 5.76 Å². The molecule has 0 heterocycles. The van der Waals surface area contributed by atoms with Crippen molar-refractivity contribution in [2.75, 3.05) is 0 Å². The van der Waals surface area contributed by atoms with E-state index in [9.17, 15) is 8.78 Å². The van der Waals surface area contributed by atoms with E-state index in [2.05, 4.69) is 0 Å². The van der Waals surface area contributed by atoms with Crippen LogP contribution >= 0.6 is 11.8 Å². The van der Waals surface area contributed by atoms with Crippen molar-refractivity contribution in [2.24, 2.45) is 0 Å². The molecule has 0 aliphatic heterocycles. The first-order valence-corrected chi connectivity index (χ1v) is 5.74. The van der Waals surface area contributed by atoms with E-state index in [1.165, 1.54) is 0 Å². The fraction of sp³-hybridized carbons (Fsp3) is 0.0769. The van der Waals surface area contributed by atoms with Gasteiger partial charge in [-0.2, -0.15) is 8.78 Å². The molecule has 0 saturated carbocycles. The summed E-state index contributed by atoms with van der Waals surface area (Å²) in [6.07, 6.45) is 0. The second-order valence-electron chi connectivity index (χ2n) is 3.27. The van der Waals surface area contributed by atoms with Gasteiger partial charge >= 0.3 is 0 Å². The fourth-order valence-electron chi connectivity index (χ4n) is 1.46. The smallest absolute Gasteiger partial charge is 0.198 e. The molecule has 0 radical (unpaired) electrons. The normalized spacial score (nSPS) is 10.7. The van der Waals surface area contributed by atoms with E-state index in [0.29, 0.717) is 16.7 Å². The SMILES string of the molecule is FC(F)Sc1ccc(-c2ccccc2)cc1. The van der Waals surface area contributed by atoms with Crippen molar-refractivity contribution in [1.82, 2.24) is 0 Å². The third-order valence-corrected chi connectivity index (χ3v) is 2.91. The highest BCUT2D eigenvalue weighted by molar-refractivity contribution is 7.99. The topological polar surface area (TPSA) is 0 Å². The lowest BCUT2D eigenvalue weighted by Gasteiger charge is -2.03. The molecule has 0 amide bonds. The van der Waals surface area contributed by atoms with Gasteiger partial charge in [-0.15, -0.1) is 0 Å². The molecular formula is C13H10F2S. The molecule has 3 heteroatoms. The van der Waals surface area contributed by atoms with Gasteiger partial charge in [0.1, 0.15) is 0 Å². The summed E-state index contributed by atoms with van der Waals surface area (Å²) in [7, 11) is 0. The first kappa shape index (κ1) is 11.1. The first-order chi connectivity index (χ1) is 7.75. The van der Waals surface area contributed by atoms with E-state index in [4.69, 9.17) is 0 Å². The van der Waals surface area contributed by atoms with E-state index in [1.807, 2.05) is 42.5 Å². The highest BCUT2D eigenvalue weighted by Crippen LogP contribution is 2.27. The lowest BCUT2D eigenvalue weighted by molar-refractivity contribution is 0.252. The maximum Gasteiger partial charge on any atom is 0.288 e. The monoisotopic (exact) mass is 236 g/mol. The van der Waals surface area contributed by atoms with Crippen LogP contribution in [0.5, 0.6) is 0 Å². The van der Waals surface area contributed by atoms with Crippen molar-refractivity contribution >= 4 is 11.8 Å². The average Bonchev–Trinajstić information content (AvgIpc) is 2.30. The third kappa shape index (κ3) is 2.83. The van der Waals surface area contributed by atoms with Gasteiger partial charge in [0.25, 0.3) is 5.76 Å². The number of hydrogen-bond acceptors (Lipinski definition) is 1. The van der Waals surface area contributed by atoms with E-state index in [-0.39, 0.29) is 0 Å². The van der Waals surface area contributed by atoms with Gasteiger partial charge < -0.3 is 0 Å². The third-order valence-electron chi connectivity index (χ3n) is 2.19. The van der Waals surface area contributed by atoms with Crippen LogP contribution in [0.2, 0.25) is 0 Å². The zero-order chi connectivity index (χ0) is 11.4.